The Kier molecular flexibility index (Phi) is 5.35. The molecule has 0 aromatic carbocycles. The second-order valence-corrected chi connectivity index (χ2v) is 6.37. The zero-order chi connectivity index (χ0) is 14.7. The van der Waals surface area contributed by atoms with Crippen LogP contribution < -0.4 is 5.32 Å². The molecule has 1 amide bonds. The number of nitrogens with zero attached hydrogens (tertiary/aromatic N) is 1. The molecule has 0 aliphatic carbocycles. The Morgan fingerprint density at radius 1 is 1.40 bits per heavy atom. The number of nitrogens with one attached hydrogen (secondary N) is 2. The molecule has 0 bridgehead atoms. The summed E-state index contributed by atoms with van der Waals surface area (Å²) in [6.07, 6.45) is 2.23. The number of carbonyl (C=O) groups is 1. The third-order valence-corrected chi connectivity index (χ3v) is 4.45. The molecule has 4 nitrogen and oxygen atoms in total. The van der Waals surface area contributed by atoms with Crippen LogP contribution in [-0.4, -0.2) is 41.5 Å². The molecule has 0 saturated carbocycles. The van der Waals surface area contributed by atoms with Gasteiger partial charge < -0.3 is 15.2 Å². The lowest BCUT2D eigenvalue weighted by molar-refractivity contribution is 0.0652. The molecule has 1 fully saturated rings. The maximum absolute atomic E-state index is 12.6. The molecule has 1 aromatic rings. The first kappa shape index (κ1) is 15.7. The number of hydrogen-bond donors (Lipinski definition) is 2. The minimum absolute atomic E-state index is 0.0349. The smallest absolute Gasteiger partial charge is 0.270 e. The summed E-state index contributed by atoms with van der Waals surface area (Å²) in [5.41, 5.74) is 0.461. The van der Waals surface area contributed by atoms with Crippen molar-refractivity contribution in [3.8, 4) is 0 Å². The van der Waals surface area contributed by atoms with Crippen molar-refractivity contribution in [1.29, 1.82) is 0 Å². The predicted octanol–water partition coefficient (Wildman–Crippen LogP) is 3.17. The van der Waals surface area contributed by atoms with Crippen LogP contribution in [0.4, 0.5) is 0 Å². The van der Waals surface area contributed by atoms with Crippen LogP contribution in [0.25, 0.3) is 0 Å². The number of hydrogen-bond acceptors (Lipinski definition) is 2. The molecular weight excluding hydrogens is 297 g/mol. The lowest BCUT2D eigenvalue weighted by atomic mass is 9.97. The maximum Gasteiger partial charge on any atom is 0.270 e. The van der Waals surface area contributed by atoms with Gasteiger partial charge in [0.2, 0.25) is 0 Å². The molecule has 1 aliphatic rings. The molecule has 1 aliphatic heterocycles. The topological polar surface area (TPSA) is 48.1 Å². The monoisotopic (exact) mass is 317 g/mol. The van der Waals surface area contributed by atoms with Crippen molar-refractivity contribution in [2.75, 3.05) is 19.6 Å². The van der Waals surface area contributed by atoms with Gasteiger partial charge in [0, 0.05) is 12.6 Å². The van der Waals surface area contributed by atoms with Crippen LogP contribution in [0, 0.1) is 5.92 Å². The van der Waals surface area contributed by atoms with Gasteiger partial charge in [-0.25, -0.2) is 0 Å². The minimum atomic E-state index is -0.0349. The summed E-state index contributed by atoms with van der Waals surface area (Å²) in [6.45, 7) is 6.92. The van der Waals surface area contributed by atoms with E-state index < -0.39 is 0 Å². The van der Waals surface area contributed by atoms with Gasteiger partial charge in [0.25, 0.3) is 5.91 Å². The molecule has 2 N–H and O–H groups in total. The van der Waals surface area contributed by atoms with Gasteiger partial charge in [0.05, 0.1) is 5.02 Å². The molecule has 112 valence electrons. The number of rotatable bonds is 4. The van der Waals surface area contributed by atoms with Gasteiger partial charge in [-0.3, -0.25) is 4.79 Å². The van der Waals surface area contributed by atoms with Crippen LogP contribution in [0.5, 0.6) is 0 Å². The highest BCUT2D eigenvalue weighted by atomic mass is 35.5. The Bertz CT molecular complexity index is 447. The van der Waals surface area contributed by atoms with Crippen LogP contribution in [0.15, 0.2) is 6.07 Å². The Labute approximate surface area is 129 Å². The SMILES string of the molecule is CC(C)N(CC1CCNCC1)C(=O)c1cc(Cl)c(Cl)[nH]1. The van der Waals surface area contributed by atoms with Crippen molar-refractivity contribution in [2.45, 2.75) is 32.7 Å². The molecule has 20 heavy (non-hydrogen) atoms. The Morgan fingerprint density at radius 3 is 2.55 bits per heavy atom. The molecule has 6 heteroatoms. The fourth-order valence-corrected chi connectivity index (χ4v) is 2.86. The third kappa shape index (κ3) is 3.68. The zero-order valence-corrected chi connectivity index (χ0v) is 13.4. The van der Waals surface area contributed by atoms with Crippen molar-refractivity contribution in [1.82, 2.24) is 15.2 Å². The van der Waals surface area contributed by atoms with Crippen molar-refractivity contribution in [2.24, 2.45) is 5.92 Å². The summed E-state index contributed by atoms with van der Waals surface area (Å²) in [5, 5.41) is 4.05. The quantitative estimate of drug-likeness (QED) is 0.896. The number of aromatic nitrogens is 1. The van der Waals surface area contributed by atoms with Gasteiger partial charge in [0.15, 0.2) is 0 Å². The van der Waals surface area contributed by atoms with E-state index >= 15 is 0 Å². The highest BCUT2D eigenvalue weighted by Gasteiger charge is 2.25. The van der Waals surface area contributed by atoms with Crippen LogP contribution >= 0.6 is 23.2 Å². The van der Waals surface area contributed by atoms with E-state index in [0.29, 0.717) is 21.8 Å². The van der Waals surface area contributed by atoms with E-state index in [0.717, 1.165) is 32.5 Å². The van der Waals surface area contributed by atoms with E-state index in [9.17, 15) is 4.79 Å². The maximum atomic E-state index is 12.6. The van der Waals surface area contributed by atoms with Crippen molar-refractivity contribution < 1.29 is 4.79 Å². The molecular formula is C14H21Cl2N3O. The number of aromatic amines is 1. The number of carbonyl (C=O) groups excluding carboxylic acids is 1. The van der Waals surface area contributed by atoms with Crippen molar-refractivity contribution in [3.63, 3.8) is 0 Å². The summed E-state index contributed by atoms with van der Waals surface area (Å²) in [4.78, 5) is 17.3. The summed E-state index contributed by atoms with van der Waals surface area (Å²) in [6, 6.07) is 1.75. The van der Waals surface area contributed by atoms with Gasteiger partial charge in [-0.05, 0) is 51.8 Å². The average molecular weight is 318 g/mol. The van der Waals surface area contributed by atoms with Gasteiger partial charge in [-0.15, -0.1) is 0 Å². The Hall–Kier alpha value is -0.710. The molecule has 1 aromatic heterocycles. The second-order valence-electron chi connectivity index (χ2n) is 5.59. The van der Waals surface area contributed by atoms with E-state index in [1.165, 1.54) is 0 Å². The lowest BCUT2D eigenvalue weighted by Gasteiger charge is -2.32. The van der Waals surface area contributed by atoms with Crippen LogP contribution in [0.1, 0.15) is 37.2 Å². The first-order chi connectivity index (χ1) is 9.49. The molecule has 0 atom stereocenters. The molecule has 0 radical (unpaired) electrons. The van der Waals surface area contributed by atoms with Gasteiger partial charge in [-0.2, -0.15) is 0 Å². The van der Waals surface area contributed by atoms with E-state index in [4.69, 9.17) is 23.2 Å². The lowest BCUT2D eigenvalue weighted by Crippen LogP contribution is -2.43. The third-order valence-electron chi connectivity index (χ3n) is 3.75. The molecule has 2 rings (SSSR count). The van der Waals surface area contributed by atoms with E-state index in [-0.39, 0.29) is 11.9 Å². The fraction of sp³-hybridized carbons (Fsp3) is 0.643. The normalized spacial score (nSPS) is 16.6. The molecule has 2 heterocycles. The fourth-order valence-electron chi connectivity index (χ4n) is 2.54. The number of H-pyrrole nitrogens is 1. The average Bonchev–Trinajstić information content (AvgIpc) is 2.76. The van der Waals surface area contributed by atoms with E-state index in [2.05, 4.69) is 10.3 Å². The number of amides is 1. The van der Waals surface area contributed by atoms with Crippen molar-refractivity contribution >= 4 is 29.1 Å². The second kappa shape index (κ2) is 6.83. The Balaban J connectivity index is 2.09. The summed E-state index contributed by atoms with van der Waals surface area (Å²) in [5.74, 6) is 0.524. The number of piperidine rings is 1. The van der Waals surface area contributed by atoms with Gasteiger partial charge >= 0.3 is 0 Å². The Morgan fingerprint density at radius 2 is 2.05 bits per heavy atom. The van der Waals surface area contributed by atoms with Crippen LogP contribution in [-0.2, 0) is 0 Å². The summed E-state index contributed by atoms with van der Waals surface area (Å²) >= 11 is 11.8. The predicted molar refractivity (Wildman–Crippen MR) is 82.6 cm³/mol. The molecule has 0 unspecified atom stereocenters. The largest absolute Gasteiger partial charge is 0.340 e. The zero-order valence-electron chi connectivity index (χ0n) is 11.9. The number of halogens is 2. The minimum Gasteiger partial charge on any atom is -0.340 e. The van der Waals surface area contributed by atoms with E-state index in [1.807, 2.05) is 18.7 Å². The van der Waals surface area contributed by atoms with Crippen molar-refractivity contribution in [3.05, 3.63) is 21.9 Å². The van der Waals surface area contributed by atoms with Crippen LogP contribution in [0.2, 0.25) is 10.2 Å². The summed E-state index contributed by atoms with van der Waals surface area (Å²) < 4.78 is 0. The highest BCUT2D eigenvalue weighted by Crippen LogP contribution is 2.24. The molecule has 0 spiro atoms. The first-order valence-electron chi connectivity index (χ1n) is 7.04. The standard InChI is InChI=1S/C14H21Cl2N3O/c1-9(2)19(8-10-3-5-17-6-4-10)14(20)12-7-11(15)13(16)18-12/h7,9-10,17-18H,3-6,8H2,1-2H3. The highest BCUT2D eigenvalue weighted by molar-refractivity contribution is 6.41. The summed E-state index contributed by atoms with van der Waals surface area (Å²) in [7, 11) is 0. The molecule has 1 saturated heterocycles. The van der Waals surface area contributed by atoms with Crippen LogP contribution in [0.3, 0.4) is 0 Å². The van der Waals surface area contributed by atoms with Gasteiger partial charge in [0.1, 0.15) is 10.8 Å². The van der Waals surface area contributed by atoms with E-state index in [1.54, 1.807) is 6.07 Å². The van der Waals surface area contributed by atoms with Gasteiger partial charge in [-0.1, -0.05) is 23.2 Å². The first-order valence-corrected chi connectivity index (χ1v) is 7.80.